The van der Waals surface area contributed by atoms with Crippen molar-refractivity contribution in [1.82, 2.24) is 10.2 Å². The van der Waals surface area contributed by atoms with Gasteiger partial charge in [0, 0.05) is 30.6 Å². The molecule has 38 heavy (non-hydrogen) atoms. The quantitative estimate of drug-likeness (QED) is 0.326. The molecule has 11 heteroatoms. The molecule has 0 heterocycles. The normalized spacial score (nSPS) is 12.9. The third kappa shape index (κ3) is 9.06. The summed E-state index contributed by atoms with van der Waals surface area (Å²) in [6, 6.07) is 11.2. The van der Waals surface area contributed by atoms with E-state index in [9.17, 15) is 18.0 Å². The van der Waals surface area contributed by atoms with Crippen molar-refractivity contribution < 1.29 is 22.7 Å². The summed E-state index contributed by atoms with van der Waals surface area (Å²) < 4.78 is 31.6. The number of carbonyl (C=O) groups excluding carboxylic acids is 2. The van der Waals surface area contributed by atoms with Gasteiger partial charge in [0.2, 0.25) is 21.8 Å². The van der Waals surface area contributed by atoms with Crippen molar-refractivity contribution in [2.75, 3.05) is 24.2 Å². The molecule has 0 aromatic heterocycles. The van der Waals surface area contributed by atoms with Crippen LogP contribution < -0.4 is 14.4 Å². The fourth-order valence-electron chi connectivity index (χ4n) is 3.99. The maximum absolute atomic E-state index is 13.6. The van der Waals surface area contributed by atoms with Gasteiger partial charge in [0.1, 0.15) is 11.8 Å². The highest BCUT2D eigenvalue weighted by atomic mass is 35.5. The van der Waals surface area contributed by atoms with Gasteiger partial charge in [0.15, 0.2) is 0 Å². The van der Waals surface area contributed by atoms with Crippen LogP contribution in [0.1, 0.15) is 52.0 Å². The Morgan fingerprint density at radius 2 is 1.79 bits per heavy atom. The average Bonchev–Trinajstić information content (AvgIpc) is 2.87. The zero-order valence-corrected chi connectivity index (χ0v) is 24.9. The van der Waals surface area contributed by atoms with Crippen LogP contribution in [-0.2, 0) is 26.2 Å². The molecule has 0 spiro atoms. The molecule has 0 fully saturated rings. The van der Waals surface area contributed by atoms with Crippen molar-refractivity contribution >= 4 is 50.7 Å². The molecule has 2 aromatic rings. The fourth-order valence-corrected chi connectivity index (χ4v) is 5.39. The standard InChI is InChI=1S/C27H37Cl2N3O5S/c1-6-19(3)30-27(34)24(7-2)31(18-20-10-8-11-22(16-20)37-4)26(33)12-9-15-32(38(5,35)36)25-17-21(28)13-14-23(25)29/h8,10-11,13-14,16-17,19,24H,6-7,9,12,15,18H2,1-5H3,(H,30,34)/t19-,24-/m1/s1. The molecular formula is C27H37Cl2N3O5S. The lowest BCUT2D eigenvalue weighted by Gasteiger charge is -2.32. The summed E-state index contributed by atoms with van der Waals surface area (Å²) in [5, 5.41) is 3.56. The molecule has 0 aliphatic carbocycles. The van der Waals surface area contributed by atoms with Gasteiger partial charge in [-0.25, -0.2) is 8.42 Å². The van der Waals surface area contributed by atoms with Crippen molar-refractivity contribution in [3.05, 3.63) is 58.1 Å². The SMILES string of the molecule is CC[C@@H](C)NC(=O)[C@@H](CC)N(Cc1cccc(OC)c1)C(=O)CCCN(c1cc(Cl)ccc1Cl)S(C)(=O)=O. The number of nitrogens with one attached hydrogen (secondary N) is 1. The predicted molar refractivity (Wildman–Crippen MR) is 153 cm³/mol. The van der Waals surface area contributed by atoms with Gasteiger partial charge in [-0.1, -0.05) is 49.2 Å². The van der Waals surface area contributed by atoms with E-state index in [1.54, 1.807) is 18.1 Å². The molecule has 2 amide bonds. The number of halogens is 2. The Balaban J connectivity index is 2.28. The first-order valence-corrected chi connectivity index (χ1v) is 15.2. The first kappa shape index (κ1) is 31.7. The van der Waals surface area contributed by atoms with Crippen molar-refractivity contribution in [3.63, 3.8) is 0 Å². The van der Waals surface area contributed by atoms with Crippen LogP contribution in [0.2, 0.25) is 10.0 Å². The zero-order valence-electron chi connectivity index (χ0n) is 22.5. The summed E-state index contributed by atoms with van der Waals surface area (Å²) in [4.78, 5) is 28.2. The molecule has 0 bridgehead atoms. The number of amides is 2. The van der Waals surface area contributed by atoms with E-state index < -0.39 is 16.1 Å². The summed E-state index contributed by atoms with van der Waals surface area (Å²) in [6.07, 6.45) is 2.51. The first-order chi connectivity index (χ1) is 17.9. The molecule has 2 rings (SSSR count). The number of nitrogens with zero attached hydrogens (tertiary/aromatic N) is 2. The molecule has 210 valence electrons. The molecule has 0 radical (unpaired) electrons. The van der Waals surface area contributed by atoms with E-state index in [2.05, 4.69) is 5.32 Å². The Kier molecular flexibility index (Phi) is 12.2. The van der Waals surface area contributed by atoms with Crippen LogP contribution in [0.15, 0.2) is 42.5 Å². The Morgan fingerprint density at radius 1 is 1.08 bits per heavy atom. The van der Waals surface area contributed by atoms with Gasteiger partial charge in [0.25, 0.3) is 0 Å². The topological polar surface area (TPSA) is 96.0 Å². The number of ether oxygens (including phenoxy) is 1. The van der Waals surface area contributed by atoms with Gasteiger partial charge >= 0.3 is 0 Å². The second-order valence-corrected chi connectivity index (χ2v) is 11.9. The maximum atomic E-state index is 13.6. The minimum atomic E-state index is -3.70. The van der Waals surface area contributed by atoms with Crippen LogP contribution >= 0.6 is 23.2 Å². The number of anilines is 1. The van der Waals surface area contributed by atoms with Crippen LogP contribution in [0, 0.1) is 0 Å². The van der Waals surface area contributed by atoms with Gasteiger partial charge in [-0.3, -0.25) is 13.9 Å². The van der Waals surface area contributed by atoms with Crippen molar-refractivity contribution in [1.29, 1.82) is 0 Å². The van der Waals surface area contributed by atoms with Crippen molar-refractivity contribution in [2.24, 2.45) is 0 Å². The van der Waals surface area contributed by atoms with Crippen LogP contribution in [0.25, 0.3) is 0 Å². The summed E-state index contributed by atoms with van der Waals surface area (Å²) >= 11 is 12.3. The highest BCUT2D eigenvalue weighted by Crippen LogP contribution is 2.31. The first-order valence-electron chi connectivity index (χ1n) is 12.6. The summed E-state index contributed by atoms with van der Waals surface area (Å²) in [5.41, 5.74) is 1.07. The van der Waals surface area contributed by atoms with Crippen molar-refractivity contribution in [2.45, 2.75) is 65.1 Å². The van der Waals surface area contributed by atoms with E-state index in [0.717, 1.165) is 22.5 Å². The largest absolute Gasteiger partial charge is 0.497 e. The second kappa shape index (κ2) is 14.6. The number of rotatable bonds is 14. The van der Waals surface area contributed by atoms with Gasteiger partial charge in [-0.2, -0.15) is 0 Å². The second-order valence-electron chi connectivity index (χ2n) is 9.15. The summed E-state index contributed by atoms with van der Waals surface area (Å²) in [6.45, 7) is 5.98. The molecule has 0 saturated heterocycles. The lowest BCUT2D eigenvalue weighted by atomic mass is 10.1. The molecule has 2 atom stereocenters. The monoisotopic (exact) mass is 585 g/mol. The highest BCUT2D eigenvalue weighted by molar-refractivity contribution is 7.92. The molecule has 0 aliphatic rings. The number of benzene rings is 2. The Morgan fingerprint density at radius 3 is 2.39 bits per heavy atom. The highest BCUT2D eigenvalue weighted by Gasteiger charge is 2.29. The number of hydrogen-bond acceptors (Lipinski definition) is 5. The summed E-state index contributed by atoms with van der Waals surface area (Å²) in [7, 11) is -2.13. The smallest absolute Gasteiger partial charge is 0.243 e. The third-order valence-electron chi connectivity index (χ3n) is 6.20. The Labute approximate surface area is 236 Å². The van der Waals surface area contributed by atoms with E-state index in [4.69, 9.17) is 27.9 Å². The lowest BCUT2D eigenvalue weighted by molar-refractivity contribution is -0.141. The minimum absolute atomic E-state index is 0.0213. The van der Waals surface area contributed by atoms with Gasteiger partial charge in [-0.05, 0) is 62.1 Å². The number of carbonyl (C=O) groups is 2. The lowest BCUT2D eigenvalue weighted by Crippen LogP contribution is -2.50. The Bertz CT molecular complexity index is 1210. The molecular weight excluding hydrogens is 549 g/mol. The fraction of sp³-hybridized carbons (Fsp3) is 0.481. The van der Waals surface area contributed by atoms with Crippen LogP contribution in [0.3, 0.4) is 0 Å². The van der Waals surface area contributed by atoms with Crippen molar-refractivity contribution in [3.8, 4) is 5.75 Å². The molecule has 8 nitrogen and oxygen atoms in total. The van der Waals surface area contributed by atoms with E-state index in [1.807, 2.05) is 45.0 Å². The predicted octanol–water partition coefficient (Wildman–Crippen LogP) is 5.27. The molecule has 1 N–H and O–H groups in total. The van der Waals surface area contributed by atoms with Crippen LogP contribution in [-0.4, -0.2) is 57.1 Å². The summed E-state index contributed by atoms with van der Waals surface area (Å²) in [5.74, 6) is 0.167. The van der Waals surface area contributed by atoms with E-state index >= 15 is 0 Å². The van der Waals surface area contributed by atoms with Crippen LogP contribution in [0.4, 0.5) is 5.69 Å². The third-order valence-corrected chi connectivity index (χ3v) is 7.94. The van der Waals surface area contributed by atoms with Crippen LogP contribution in [0.5, 0.6) is 5.75 Å². The average molecular weight is 587 g/mol. The molecule has 0 saturated carbocycles. The Hall–Kier alpha value is -2.49. The van der Waals surface area contributed by atoms with Gasteiger partial charge in [0.05, 0.1) is 24.1 Å². The van der Waals surface area contributed by atoms with E-state index in [0.29, 0.717) is 17.2 Å². The van der Waals surface area contributed by atoms with Gasteiger partial charge in [-0.15, -0.1) is 0 Å². The minimum Gasteiger partial charge on any atom is -0.497 e. The zero-order chi connectivity index (χ0) is 28.5. The molecule has 0 unspecified atom stereocenters. The molecule has 0 aliphatic heterocycles. The number of sulfonamides is 1. The van der Waals surface area contributed by atoms with E-state index in [1.165, 1.54) is 12.1 Å². The number of hydrogen-bond donors (Lipinski definition) is 1. The van der Waals surface area contributed by atoms with Gasteiger partial charge < -0.3 is 15.0 Å². The maximum Gasteiger partial charge on any atom is 0.243 e. The number of methoxy groups -OCH3 is 1. The molecule has 2 aromatic carbocycles. The van der Waals surface area contributed by atoms with E-state index in [-0.39, 0.29) is 54.5 Å².